The number of hydrogen-bond acceptors (Lipinski definition) is 1. The normalized spacial score (nSPS) is 15.8. The van der Waals surface area contributed by atoms with Gasteiger partial charge in [0.15, 0.2) is 0 Å². The van der Waals surface area contributed by atoms with Crippen LogP contribution in [0.25, 0.3) is 59.4 Å². The Morgan fingerprint density at radius 1 is 0.538 bits per heavy atom. The van der Waals surface area contributed by atoms with Crippen molar-refractivity contribution in [1.82, 2.24) is 0 Å². The molecule has 0 spiro atoms. The molecule has 0 aliphatic heterocycles. The van der Waals surface area contributed by atoms with Gasteiger partial charge in [-0.2, -0.15) is 12.6 Å². The number of allylic oxidation sites excluding steroid dienone is 1. The molecular weight excluding hydrogens is 332 g/mol. The Morgan fingerprint density at radius 3 is 1.58 bits per heavy atom. The van der Waals surface area contributed by atoms with Gasteiger partial charge in [0.05, 0.1) is 0 Å². The zero-order chi connectivity index (χ0) is 17.0. The fourth-order valence-electron chi connectivity index (χ4n) is 5.28. The molecule has 1 heteroatoms. The molecule has 0 nitrogen and oxygen atoms in total. The van der Waals surface area contributed by atoms with Crippen LogP contribution in [0.4, 0.5) is 0 Å². The lowest BCUT2D eigenvalue weighted by atomic mass is 9.78. The second-order valence-electron chi connectivity index (χ2n) is 7.51. The van der Waals surface area contributed by atoms with Crippen molar-refractivity contribution in [3.63, 3.8) is 0 Å². The second-order valence-corrected chi connectivity index (χ2v) is 7.77. The Kier molecular flexibility index (Phi) is 2.23. The molecule has 1 aliphatic rings. The Hall–Kier alpha value is -2.77. The molecule has 0 radical (unpaired) electrons. The van der Waals surface area contributed by atoms with Crippen LogP contribution in [0, 0.1) is 0 Å². The zero-order valence-corrected chi connectivity index (χ0v) is 14.9. The van der Waals surface area contributed by atoms with Gasteiger partial charge in [0.2, 0.25) is 0 Å². The second kappa shape index (κ2) is 4.31. The van der Waals surface area contributed by atoms with E-state index in [1.807, 2.05) is 5.41 Å². The molecule has 120 valence electrons. The van der Waals surface area contributed by atoms with Crippen LogP contribution in [0.15, 0.2) is 66.1 Å². The summed E-state index contributed by atoms with van der Waals surface area (Å²) in [5.41, 5.74) is 4.10. The van der Waals surface area contributed by atoms with Crippen LogP contribution in [-0.2, 0) is 6.42 Å². The van der Waals surface area contributed by atoms with E-state index in [1.165, 1.54) is 70.6 Å². The quantitative estimate of drug-likeness (QED) is 0.168. The smallest absolute Gasteiger partial charge is 0.000820 e. The van der Waals surface area contributed by atoms with E-state index in [2.05, 4.69) is 73.3 Å². The molecule has 0 fully saturated rings. The summed E-state index contributed by atoms with van der Waals surface area (Å²) in [6.45, 7) is 0. The third kappa shape index (κ3) is 1.35. The minimum Gasteiger partial charge on any atom is -0.151 e. The zero-order valence-electron chi connectivity index (χ0n) is 14.0. The third-order valence-corrected chi connectivity index (χ3v) is 6.66. The fraction of sp³-hybridized carbons (Fsp3) is 0.0400. The van der Waals surface area contributed by atoms with Crippen molar-refractivity contribution in [2.45, 2.75) is 6.42 Å². The van der Waals surface area contributed by atoms with Crippen LogP contribution in [0.2, 0.25) is 0 Å². The first kappa shape index (κ1) is 13.4. The Morgan fingerprint density at radius 2 is 1.00 bits per heavy atom. The van der Waals surface area contributed by atoms with Crippen molar-refractivity contribution in [3.8, 4) is 0 Å². The molecule has 0 saturated heterocycles. The summed E-state index contributed by atoms with van der Waals surface area (Å²) in [4.78, 5) is 0. The molecule has 0 aromatic heterocycles. The van der Waals surface area contributed by atoms with Crippen LogP contribution in [0.3, 0.4) is 0 Å². The average Bonchev–Trinajstić information content (AvgIpc) is 2.71. The van der Waals surface area contributed by atoms with E-state index in [9.17, 15) is 0 Å². The molecule has 26 heavy (non-hydrogen) atoms. The standard InChI is InChI=1S/C25H14S/c26-12-18-11-17-8-7-15-4-2-13-1-3-14-5-6-16-9-10-19(18)25-23(16)21(14)20(13)22(15)24(17)25/h1-10,12,26H,11H2. The molecule has 0 heterocycles. The van der Waals surface area contributed by atoms with Gasteiger partial charge in [0.1, 0.15) is 0 Å². The lowest BCUT2D eigenvalue weighted by molar-refractivity contribution is 1.31. The van der Waals surface area contributed by atoms with E-state index in [-0.39, 0.29) is 0 Å². The maximum atomic E-state index is 4.53. The van der Waals surface area contributed by atoms with Gasteiger partial charge in [-0.25, -0.2) is 0 Å². The number of thiol groups is 1. The first-order chi connectivity index (χ1) is 12.8. The summed E-state index contributed by atoms with van der Waals surface area (Å²) in [6.07, 6.45) is 0.960. The predicted octanol–water partition coefficient (Wildman–Crippen LogP) is 7.16. The number of rotatable bonds is 0. The van der Waals surface area contributed by atoms with E-state index >= 15 is 0 Å². The highest BCUT2D eigenvalue weighted by atomic mass is 32.1. The molecule has 0 amide bonds. The van der Waals surface area contributed by atoms with Gasteiger partial charge in [-0.1, -0.05) is 60.7 Å². The Labute approximate surface area is 155 Å². The third-order valence-electron chi connectivity index (χ3n) is 6.35. The van der Waals surface area contributed by atoms with Gasteiger partial charge in [-0.3, -0.25) is 0 Å². The van der Waals surface area contributed by atoms with Crippen molar-refractivity contribution in [1.29, 1.82) is 0 Å². The molecule has 7 rings (SSSR count). The SMILES string of the molecule is SC=C1Cc2ccc3ccc4ccc5ccc6ccc1c1c2c3c4c5c61. The van der Waals surface area contributed by atoms with Crippen molar-refractivity contribution < 1.29 is 0 Å². The highest BCUT2D eigenvalue weighted by Crippen LogP contribution is 2.50. The van der Waals surface area contributed by atoms with Crippen LogP contribution in [-0.4, -0.2) is 0 Å². The lowest BCUT2D eigenvalue weighted by Gasteiger charge is -2.26. The van der Waals surface area contributed by atoms with E-state index in [0.717, 1.165) is 6.42 Å². The summed E-state index contributed by atoms with van der Waals surface area (Å²) < 4.78 is 0. The minimum atomic E-state index is 0.960. The summed E-state index contributed by atoms with van der Waals surface area (Å²) in [6, 6.07) is 22.8. The number of hydrogen-bond donors (Lipinski definition) is 1. The van der Waals surface area contributed by atoms with Crippen molar-refractivity contribution in [3.05, 3.63) is 77.2 Å². The van der Waals surface area contributed by atoms with Gasteiger partial charge in [0.25, 0.3) is 0 Å². The molecule has 6 aromatic rings. The van der Waals surface area contributed by atoms with Crippen molar-refractivity contribution in [2.75, 3.05) is 0 Å². The number of benzene rings is 6. The van der Waals surface area contributed by atoms with Crippen LogP contribution in [0.5, 0.6) is 0 Å². The predicted molar refractivity (Wildman–Crippen MR) is 117 cm³/mol. The lowest BCUT2D eigenvalue weighted by Crippen LogP contribution is -2.02. The Balaban J connectivity index is 2.02. The average molecular weight is 346 g/mol. The summed E-state index contributed by atoms with van der Waals surface area (Å²) in [5, 5.41) is 16.0. The minimum absolute atomic E-state index is 0.960. The molecular formula is C25H14S. The van der Waals surface area contributed by atoms with Gasteiger partial charge >= 0.3 is 0 Å². The first-order valence-electron chi connectivity index (χ1n) is 9.06. The molecule has 0 bridgehead atoms. The van der Waals surface area contributed by atoms with E-state index < -0.39 is 0 Å². The van der Waals surface area contributed by atoms with Gasteiger partial charge in [-0.05, 0) is 82.4 Å². The van der Waals surface area contributed by atoms with Crippen LogP contribution in [0.1, 0.15) is 11.1 Å². The highest BCUT2D eigenvalue weighted by Gasteiger charge is 2.24. The summed E-state index contributed by atoms with van der Waals surface area (Å²) in [5.74, 6) is 0. The summed E-state index contributed by atoms with van der Waals surface area (Å²) in [7, 11) is 0. The van der Waals surface area contributed by atoms with Gasteiger partial charge in [0, 0.05) is 0 Å². The van der Waals surface area contributed by atoms with E-state index in [0.29, 0.717) is 0 Å². The maximum Gasteiger partial charge on any atom is -0.000820 e. The molecule has 0 unspecified atom stereocenters. The monoisotopic (exact) mass is 346 g/mol. The topological polar surface area (TPSA) is 0 Å². The van der Waals surface area contributed by atoms with Gasteiger partial charge < -0.3 is 0 Å². The van der Waals surface area contributed by atoms with Crippen LogP contribution >= 0.6 is 12.6 Å². The van der Waals surface area contributed by atoms with Crippen molar-refractivity contribution >= 4 is 72.1 Å². The van der Waals surface area contributed by atoms with Crippen molar-refractivity contribution in [2.24, 2.45) is 0 Å². The van der Waals surface area contributed by atoms with E-state index in [1.54, 1.807) is 0 Å². The molecule has 0 N–H and O–H groups in total. The molecule has 0 saturated carbocycles. The fourth-order valence-corrected chi connectivity index (χ4v) is 5.51. The molecule has 1 aliphatic carbocycles. The van der Waals surface area contributed by atoms with Crippen LogP contribution < -0.4 is 0 Å². The van der Waals surface area contributed by atoms with Gasteiger partial charge in [-0.15, -0.1) is 0 Å². The molecule has 6 aromatic carbocycles. The largest absolute Gasteiger partial charge is 0.151 e. The summed E-state index contributed by atoms with van der Waals surface area (Å²) >= 11 is 4.53. The Bertz CT molecular complexity index is 1540. The highest BCUT2D eigenvalue weighted by molar-refractivity contribution is 7.83. The maximum absolute atomic E-state index is 4.53. The molecule has 0 atom stereocenters. The first-order valence-corrected chi connectivity index (χ1v) is 9.57. The van der Waals surface area contributed by atoms with E-state index in [4.69, 9.17) is 0 Å².